The fourth-order valence-corrected chi connectivity index (χ4v) is 4.52. The van der Waals surface area contributed by atoms with Crippen LogP contribution >= 0.6 is 0 Å². The Balaban J connectivity index is 0.000000167. The molecule has 3 aliphatic carbocycles. The lowest BCUT2D eigenvalue weighted by molar-refractivity contribution is -0.144. The molecule has 0 aliphatic heterocycles. The normalized spacial score (nSPS) is 35.1. The van der Waals surface area contributed by atoms with E-state index in [0.717, 1.165) is 31.6 Å². The molecule has 3 rings (SSSR count). The first-order valence-electron chi connectivity index (χ1n) is 9.85. The predicted octanol–water partition coefficient (Wildman–Crippen LogP) is 5.22. The molecule has 1 N–H and O–H groups in total. The van der Waals surface area contributed by atoms with Crippen LogP contribution in [0.1, 0.15) is 90.4 Å². The van der Waals surface area contributed by atoms with Crippen LogP contribution in [-0.4, -0.2) is 16.9 Å². The Morgan fingerprint density at radius 3 is 2.04 bits per heavy atom. The monoisotopic (exact) mass is 322 g/mol. The summed E-state index contributed by atoms with van der Waals surface area (Å²) < 4.78 is 0. The molecule has 0 bridgehead atoms. The summed E-state index contributed by atoms with van der Waals surface area (Å²) in [6.07, 6.45) is 15.7. The third-order valence-corrected chi connectivity index (χ3v) is 6.21. The molecule has 0 radical (unpaired) electrons. The number of carboxylic acid groups (broad SMARTS) is 1. The number of ketones is 1. The fraction of sp³-hybridized carbons (Fsp3) is 0.900. The van der Waals surface area contributed by atoms with Gasteiger partial charge in [0, 0.05) is 12.3 Å². The SMILES string of the molecule is CC1CCCCCCC1C(=O)O.O=C1CC2CCCCCCC12. The average Bonchev–Trinajstić information content (AvgIpc) is 2.47. The second kappa shape index (κ2) is 9.44. The minimum absolute atomic E-state index is 0.0784. The highest BCUT2D eigenvalue weighted by Gasteiger charge is 2.38. The summed E-state index contributed by atoms with van der Waals surface area (Å²) in [7, 11) is 0. The van der Waals surface area contributed by atoms with E-state index in [1.54, 1.807) is 0 Å². The molecule has 0 aromatic heterocycles. The highest BCUT2D eigenvalue weighted by atomic mass is 16.4. The molecule has 3 heteroatoms. The zero-order chi connectivity index (χ0) is 16.7. The van der Waals surface area contributed by atoms with E-state index in [9.17, 15) is 9.59 Å². The number of aliphatic carboxylic acids is 1. The molecule has 132 valence electrons. The van der Waals surface area contributed by atoms with Crippen LogP contribution in [0, 0.1) is 23.7 Å². The van der Waals surface area contributed by atoms with Crippen LogP contribution < -0.4 is 0 Å². The van der Waals surface area contributed by atoms with E-state index in [1.807, 2.05) is 0 Å². The first-order valence-corrected chi connectivity index (χ1v) is 9.85. The fourth-order valence-electron chi connectivity index (χ4n) is 4.52. The van der Waals surface area contributed by atoms with Crippen molar-refractivity contribution in [3.8, 4) is 0 Å². The van der Waals surface area contributed by atoms with Gasteiger partial charge in [-0.15, -0.1) is 0 Å². The van der Waals surface area contributed by atoms with Crippen LogP contribution in [0.15, 0.2) is 0 Å². The van der Waals surface area contributed by atoms with E-state index in [0.29, 0.717) is 17.6 Å². The molecule has 4 atom stereocenters. The van der Waals surface area contributed by atoms with E-state index in [2.05, 4.69) is 6.92 Å². The maximum atomic E-state index is 11.1. The lowest BCUT2D eigenvalue weighted by atomic mass is 9.67. The van der Waals surface area contributed by atoms with Crippen molar-refractivity contribution >= 4 is 11.8 Å². The van der Waals surface area contributed by atoms with E-state index < -0.39 is 5.97 Å². The molecule has 0 saturated heterocycles. The summed E-state index contributed by atoms with van der Waals surface area (Å²) in [5, 5.41) is 8.93. The summed E-state index contributed by atoms with van der Waals surface area (Å²) in [6, 6.07) is 0. The highest BCUT2D eigenvalue weighted by molar-refractivity contribution is 5.87. The van der Waals surface area contributed by atoms with Gasteiger partial charge in [0.05, 0.1) is 5.92 Å². The third kappa shape index (κ3) is 5.61. The van der Waals surface area contributed by atoms with Crippen LogP contribution in [-0.2, 0) is 9.59 Å². The lowest BCUT2D eigenvalue weighted by Crippen LogP contribution is -2.37. The van der Waals surface area contributed by atoms with Crippen molar-refractivity contribution in [1.82, 2.24) is 0 Å². The highest BCUT2D eigenvalue weighted by Crippen LogP contribution is 2.39. The van der Waals surface area contributed by atoms with Gasteiger partial charge in [-0.1, -0.05) is 58.3 Å². The number of carbonyl (C=O) groups excluding carboxylic acids is 1. The number of hydrogen-bond acceptors (Lipinski definition) is 2. The Morgan fingerprint density at radius 2 is 1.43 bits per heavy atom. The maximum absolute atomic E-state index is 11.1. The Kier molecular flexibility index (Phi) is 7.58. The smallest absolute Gasteiger partial charge is 0.306 e. The van der Waals surface area contributed by atoms with Crippen molar-refractivity contribution in [2.45, 2.75) is 90.4 Å². The summed E-state index contributed by atoms with van der Waals surface area (Å²) >= 11 is 0. The number of carboxylic acids is 1. The van der Waals surface area contributed by atoms with Crippen molar-refractivity contribution in [3.05, 3.63) is 0 Å². The van der Waals surface area contributed by atoms with Gasteiger partial charge in [-0.25, -0.2) is 0 Å². The number of fused-ring (bicyclic) bond motifs is 1. The van der Waals surface area contributed by atoms with Gasteiger partial charge in [-0.05, 0) is 37.5 Å². The van der Waals surface area contributed by atoms with Gasteiger partial charge >= 0.3 is 5.97 Å². The van der Waals surface area contributed by atoms with Gasteiger partial charge in [-0.3, -0.25) is 9.59 Å². The van der Waals surface area contributed by atoms with Crippen LogP contribution in [0.25, 0.3) is 0 Å². The Bertz CT molecular complexity index is 390. The largest absolute Gasteiger partial charge is 0.481 e. The summed E-state index contributed by atoms with van der Waals surface area (Å²) in [4.78, 5) is 22.0. The molecule has 0 heterocycles. The summed E-state index contributed by atoms with van der Waals surface area (Å²) in [5.74, 6) is 1.55. The molecule has 0 spiro atoms. The average molecular weight is 322 g/mol. The third-order valence-electron chi connectivity index (χ3n) is 6.21. The Morgan fingerprint density at radius 1 is 0.870 bits per heavy atom. The molecule has 0 aromatic carbocycles. The topological polar surface area (TPSA) is 54.4 Å². The lowest BCUT2D eigenvalue weighted by Gasteiger charge is -2.36. The van der Waals surface area contributed by atoms with E-state index in [-0.39, 0.29) is 5.92 Å². The van der Waals surface area contributed by atoms with Crippen molar-refractivity contribution in [1.29, 1.82) is 0 Å². The van der Waals surface area contributed by atoms with Crippen LogP contribution in [0.5, 0.6) is 0 Å². The van der Waals surface area contributed by atoms with Crippen molar-refractivity contribution < 1.29 is 14.7 Å². The van der Waals surface area contributed by atoms with E-state index in [1.165, 1.54) is 57.8 Å². The molecular weight excluding hydrogens is 288 g/mol. The van der Waals surface area contributed by atoms with Gasteiger partial charge in [-0.2, -0.15) is 0 Å². The van der Waals surface area contributed by atoms with Gasteiger partial charge < -0.3 is 5.11 Å². The van der Waals surface area contributed by atoms with Gasteiger partial charge in [0.2, 0.25) is 0 Å². The number of hydrogen-bond donors (Lipinski definition) is 1. The number of rotatable bonds is 1. The molecule has 23 heavy (non-hydrogen) atoms. The number of carbonyl (C=O) groups is 2. The first kappa shape index (κ1) is 18.5. The van der Waals surface area contributed by atoms with E-state index in [4.69, 9.17) is 5.11 Å². The zero-order valence-electron chi connectivity index (χ0n) is 14.8. The first-order chi connectivity index (χ1) is 11.1. The second-order valence-corrected chi connectivity index (χ2v) is 7.94. The van der Waals surface area contributed by atoms with E-state index >= 15 is 0 Å². The standard InChI is InChI=1S/C10H18O2.C10H16O/c1-8-6-4-2-3-5-7-9(8)10(11)12;11-10-7-8-5-3-1-2-4-6-9(8)10/h8-9H,2-7H2,1H3,(H,11,12);8-9H,1-7H2. The quantitative estimate of drug-likeness (QED) is 0.719. The summed E-state index contributed by atoms with van der Waals surface area (Å²) in [5.41, 5.74) is 0. The zero-order valence-corrected chi connectivity index (χ0v) is 14.8. The molecular formula is C20H34O3. The second-order valence-electron chi connectivity index (χ2n) is 7.94. The van der Waals surface area contributed by atoms with Crippen molar-refractivity contribution in [2.75, 3.05) is 0 Å². The molecule has 3 fully saturated rings. The number of Topliss-reactive ketones (excluding diaryl/α,β-unsaturated/α-hetero) is 1. The van der Waals surface area contributed by atoms with Crippen LogP contribution in [0.4, 0.5) is 0 Å². The minimum atomic E-state index is -0.593. The van der Waals surface area contributed by atoms with Crippen LogP contribution in [0.3, 0.4) is 0 Å². The van der Waals surface area contributed by atoms with Gasteiger partial charge in [0.15, 0.2) is 0 Å². The Labute approximate surface area is 141 Å². The van der Waals surface area contributed by atoms with Crippen LogP contribution in [0.2, 0.25) is 0 Å². The molecule has 0 aromatic rings. The van der Waals surface area contributed by atoms with Crippen molar-refractivity contribution in [2.24, 2.45) is 23.7 Å². The minimum Gasteiger partial charge on any atom is -0.481 e. The maximum Gasteiger partial charge on any atom is 0.306 e. The molecule has 3 saturated carbocycles. The van der Waals surface area contributed by atoms with Gasteiger partial charge in [0.1, 0.15) is 5.78 Å². The molecule has 0 amide bonds. The molecule has 3 nitrogen and oxygen atoms in total. The molecule has 3 aliphatic rings. The van der Waals surface area contributed by atoms with Crippen molar-refractivity contribution in [3.63, 3.8) is 0 Å². The Hall–Kier alpha value is -0.860. The molecule has 4 unspecified atom stereocenters. The predicted molar refractivity (Wildman–Crippen MR) is 92.3 cm³/mol. The van der Waals surface area contributed by atoms with Gasteiger partial charge in [0.25, 0.3) is 0 Å². The summed E-state index contributed by atoms with van der Waals surface area (Å²) in [6.45, 7) is 2.07.